The number of ether oxygens (including phenoxy) is 1. The van der Waals surface area contributed by atoms with E-state index in [1.54, 1.807) is 19.2 Å². The summed E-state index contributed by atoms with van der Waals surface area (Å²) in [5, 5.41) is 8.89. The first kappa shape index (κ1) is 16.0. The molecule has 1 aromatic rings. The fourth-order valence-corrected chi connectivity index (χ4v) is 3.97. The Morgan fingerprint density at radius 3 is 2.91 bits per heavy atom. The molecule has 1 saturated heterocycles. The predicted molar refractivity (Wildman–Crippen MR) is 86.0 cm³/mol. The minimum absolute atomic E-state index is 0.0362. The minimum Gasteiger partial charge on any atom is -0.380 e. The highest BCUT2D eigenvalue weighted by Gasteiger charge is 2.39. The maximum atomic E-state index is 12.7. The molecule has 2 fully saturated rings. The highest BCUT2D eigenvalue weighted by Crippen LogP contribution is 2.31. The van der Waals surface area contributed by atoms with E-state index in [1.165, 1.54) is 0 Å². The van der Waals surface area contributed by atoms with Crippen molar-refractivity contribution >= 4 is 5.91 Å². The number of nitrogens with one attached hydrogen (secondary N) is 1. The van der Waals surface area contributed by atoms with Gasteiger partial charge in [0, 0.05) is 39.3 Å². The molecule has 0 bridgehead atoms. The molecule has 1 aliphatic heterocycles. The number of H-pyrrole nitrogens is 1. The van der Waals surface area contributed by atoms with Gasteiger partial charge in [0.25, 0.3) is 5.91 Å². The molecular weight excluding hydrogens is 292 g/mol. The second-order valence-corrected chi connectivity index (χ2v) is 6.52. The minimum atomic E-state index is -0.0362. The molecule has 1 amide bonds. The number of likely N-dealkylation sites (N-methyl/N-ethyl adjacent to an activating group) is 1. The van der Waals surface area contributed by atoms with E-state index < -0.39 is 0 Å². The summed E-state index contributed by atoms with van der Waals surface area (Å²) in [7, 11) is 3.65. The number of likely N-dealkylation sites (tertiary alicyclic amines) is 1. The predicted octanol–water partition coefficient (Wildman–Crippen LogP) is 1.60. The topological polar surface area (TPSA) is 72.4 Å². The van der Waals surface area contributed by atoms with Crippen LogP contribution in [0.25, 0.3) is 0 Å². The molecule has 6 heteroatoms. The average molecular weight is 316 g/mol. The molecule has 1 saturated carbocycles. The van der Waals surface area contributed by atoms with Crippen LogP contribution >= 0.6 is 0 Å². The van der Waals surface area contributed by atoms with Crippen LogP contribution in [-0.4, -0.2) is 66.1 Å². The summed E-state index contributed by atoms with van der Waals surface area (Å²) >= 11 is 0. The Kier molecular flexibility index (Phi) is 4.69. The number of carbonyl (C=O) groups excluding carboxylic acids is 1. The zero-order chi connectivity index (χ0) is 16.4. The lowest BCUT2D eigenvalue weighted by Crippen LogP contribution is -2.49. The molecule has 6 nitrogen and oxygen atoms in total. The maximum Gasteiger partial charge on any atom is 0.270 e. The van der Waals surface area contributed by atoms with Crippen molar-refractivity contribution in [3.8, 4) is 6.07 Å². The van der Waals surface area contributed by atoms with Crippen molar-refractivity contribution in [2.24, 2.45) is 0 Å². The Hall–Kier alpha value is -1.84. The molecule has 1 unspecified atom stereocenters. The Balaban J connectivity index is 1.69. The lowest BCUT2D eigenvalue weighted by Gasteiger charge is -2.35. The van der Waals surface area contributed by atoms with Crippen LogP contribution in [0.3, 0.4) is 0 Å². The van der Waals surface area contributed by atoms with Crippen molar-refractivity contribution in [3.05, 3.63) is 23.5 Å². The first-order valence-electron chi connectivity index (χ1n) is 8.27. The third-order valence-corrected chi connectivity index (χ3v) is 5.28. The smallest absolute Gasteiger partial charge is 0.270 e. The van der Waals surface area contributed by atoms with E-state index in [2.05, 4.69) is 9.88 Å². The molecule has 3 atom stereocenters. The number of methoxy groups -OCH3 is 1. The van der Waals surface area contributed by atoms with Crippen LogP contribution in [0.1, 0.15) is 41.9 Å². The summed E-state index contributed by atoms with van der Waals surface area (Å²) in [5.41, 5.74) is 0.915. The van der Waals surface area contributed by atoms with E-state index in [4.69, 9.17) is 10.00 Å². The normalized spacial score (nSPS) is 28.0. The van der Waals surface area contributed by atoms with Gasteiger partial charge < -0.3 is 14.6 Å². The van der Waals surface area contributed by atoms with Gasteiger partial charge in [-0.25, -0.2) is 0 Å². The van der Waals surface area contributed by atoms with Crippen molar-refractivity contribution in [2.45, 2.75) is 43.9 Å². The van der Waals surface area contributed by atoms with Gasteiger partial charge in [0.1, 0.15) is 17.5 Å². The maximum absolute atomic E-state index is 12.7. The molecule has 0 spiro atoms. The number of aromatic nitrogens is 1. The van der Waals surface area contributed by atoms with Gasteiger partial charge >= 0.3 is 0 Å². The highest BCUT2D eigenvalue weighted by atomic mass is 16.5. The molecule has 0 radical (unpaired) electrons. The average Bonchev–Trinajstić information content (AvgIpc) is 3.32. The zero-order valence-corrected chi connectivity index (χ0v) is 13.8. The van der Waals surface area contributed by atoms with Crippen LogP contribution in [0.4, 0.5) is 0 Å². The third kappa shape index (κ3) is 3.12. The Morgan fingerprint density at radius 1 is 1.43 bits per heavy atom. The summed E-state index contributed by atoms with van der Waals surface area (Å²) in [6, 6.07) is 6.01. The molecule has 1 N–H and O–H groups in total. The van der Waals surface area contributed by atoms with Crippen molar-refractivity contribution in [1.29, 1.82) is 5.26 Å². The number of carbonyl (C=O) groups is 1. The molecule has 0 aromatic carbocycles. The number of nitriles is 1. The van der Waals surface area contributed by atoms with Gasteiger partial charge in [-0.2, -0.15) is 5.26 Å². The molecule has 23 heavy (non-hydrogen) atoms. The Labute approximate surface area is 137 Å². The van der Waals surface area contributed by atoms with Gasteiger partial charge in [0.2, 0.25) is 0 Å². The van der Waals surface area contributed by atoms with Crippen LogP contribution < -0.4 is 0 Å². The molecular formula is C17H24N4O2. The van der Waals surface area contributed by atoms with Gasteiger partial charge in [0.15, 0.2) is 0 Å². The molecule has 124 valence electrons. The van der Waals surface area contributed by atoms with E-state index in [0.717, 1.165) is 38.8 Å². The van der Waals surface area contributed by atoms with Crippen LogP contribution in [-0.2, 0) is 4.74 Å². The number of hydrogen-bond donors (Lipinski definition) is 1. The summed E-state index contributed by atoms with van der Waals surface area (Å²) in [6.07, 6.45) is 4.70. The number of hydrogen-bond acceptors (Lipinski definition) is 4. The summed E-state index contributed by atoms with van der Waals surface area (Å²) in [5.74, 6) is -0.0362. The lowest BCUT2D eigenvalue weighted by molar-refractivity contribution is 0.0601. The van der Waals surface area contributed by atoms with Gasteiger partial charge in [-0.05, 0) is 37.8 Å². The first-order chi connectivity index (χ1) is 11.1. The fourth-order valence-electron chi connectivity index (χ4n) is 3.97. The van der Waals surface area contributed by atoms with Gasteiger partial charge in [0.05, 0.1) is 6.10 Å². The molecule has 2 heterocycles. The van der Waals surface area contributed by atoms with E-state index in [-0.39, 0.29) is 11.9 Å². The fraction of sp³-hybridized carbons (Fsp3) is 0.647. The van der Waals surface area contributed by atoms with E-state index in [9.17, 15) is 4.79 Å². The van der Waals surface area contributed by atoms with Crippen molar-refractivity contribution in [2.75, 3.05) is 27.2 Å². The second kappa shape index (κ2) is 6.73. The van der Waals surface area contributed by atoms with Crippen LogP contribution in [0, 0.1) is 11.3 Å². The summed E-state index contributed by atoms with van der Waals surface area (Å²) < 4.78 is 5.47. The second-order valence-electron chi connectivity index (χ2n) is 6.52. The number of aromatic amines is 1. The largest absolute Gasteiger partial charge is 0.380 e. The monoisotopic (exact) mass is 316 g/mol. The highest BCUT2D eigenvalue weighted by molar-refractivity contribution is 5.92. The Morgan fingerprint density at radius 2 is 2.26 bits per heavy atom. The molecule has 1 aromatic heterocycles. The van der Waals surface area contributed by atoms with Gasteiger partial charge in [-0.15, -0.1) is 0 Å². The van der Waals surface area contributed by atoms with E-state index >= 15 is 0 Å². The SMILES string of the molecule is COC1CCN([C@H]2CCC[C@H]2N(C)C(=O)c2ccc(C#N)[nH]2)C1. The van der Waals surface area contributed by atoms with Gasteiger partial charge in [-0.1, -0.05) is 0 Å². The Bertz CT molecular complexity index is 606. The summed E-state index contributed by atoms with van der Waals surface area (Å²) in [6.45, 7) is 2.00. The van der Waals surface area contributed by atoms with E-state index in [0.29, 0.717) is 23.5 Å². The number of nitrogens with zero attached hydrogens (tertiary/aromatic N) is 3. The van der Waals surface area contributed by atoms with E-state index in [1.807, 2.05) is 18.0 Å². The van der Waals surface area contributed by atoms with Crippen LogP contribution in [0.5, 0.6) is 0 Å². The van der Waals surface area contributed by atoms with Crippen molar-refractivity contribution in [3.63, 3.8) is 0 Å². The number of amides is 1. The molecule has 1 aliphatic carbocycles. The van der Waals surface area contributed by atoms with Crippen molar-refractivity contribution in [1.82, 2.24) is 14.8 Å². The van der Waals surface area contributed by atoms with Crippen LogP contribution in [0.2, 0.25) is 0 Å². The van der Waals surface area contributed by atoms with Gasteiger partial charge in [-0.3, -0.25) is 9.69 Å². The lowest BCUT2D eigenvalue weighted by atomic mass is 10.1. The zero-order valence-electron chi connectivity index (χ0n) is 13.8. The number of rotatable bonds is 4. The first-order valence-corrected chi connectivity index (χ1v) is 8.27. The summed E-state index contributed by atoms with van der Waals surface area (Å²) in [4.78, 5) is 19.9. The standard InChI is InChI=1S/C17H24N4O2/c1-20(17(22)14-7-6-12(10-18)19-14)15-4-3-5-16(15)21-9-8-13(11-21)23-2/h6-7,13,15-16,19H,3-5,8-9,11H2,1-2H3/t13?,15-,16+/m1/s1. The third-order valence-electron chi connectivity index (χ3n) is 5.28. The quantitative estimate of drug-likeness (QED) is 0.916. The van der Waals surface area contributed by atoms with Crippen LogP contribution in [0.15, 0.2) is 12.1 Å². The molecule has 3 rings (SSSR count). The molecule has 2 aliphatic rings. The van der Waals surface area contributed by atoms with Crippen molar-refractivity contribution < 1.29 is 9.53 Å².